The van der Waals surface area contributed by atoms with E-state index in [0.29, 0.717) is 34.8 Å². The number of fused-ring (bicyclic) bond motifs is 1. The summed E-state index contributed by atoms with van der Waals surface area (Å²) in [5.74, 6) is -0.304. The van der Waals surface area contributed by atoms with E-state index in [-0.39, 0.29) is 6.61 Å². The zero-order valence-corrected chi connectivity index (χ0v) is 25.4. The summed E-state index contributed by atoms with van der Waals surface area (Å²) < 4.78 is 14.1. The van der Waals surface area contributed by atoms with Gasteiger partial charge >= 0.3 is 11.9 Å². The van der Waals surface area contributed by atoms with Crippen molar-refractivity contribution in [1.29, 1.82) is 0 Å². The van der Waals surface area contributed by atoms with Crippen molar-refractivity contribution in [2.75, 3.05) is 11.9 Å². The summed E-state index contributed by atoms with van der Waals surface area (Å²) >= 11 is 0. The molecular weight excluding hydrogens is 492 g/mol. The zero-order chi connectivity index (χ0) is 28.2. The number of nitrogens with zero attached hydrogens (tertiary/aromatic N) is 1. The van der Waals surface area contributed by atoms with Gasteiger partial charge < -0.3 is 19.0 Å². The molecule has 0 spiro atoms. The van der Waals surface area contributed by atoms with Gasteiger partial charge in [-0.2, -0.15) is 0 Å². The lowest BCUT2D eigenvalue weighted by Crippen LogP contribution is -2.50. The Morgan fingerprint density at radius 2 is 1.58 bits per heavy atom. The number of ether oxygens (including phenoxy) is 1. The van der Waals surface area contributed by atoms with E-state index in [1.54, 1.807) is 13.0 Å². The number of amides is 1. The second-order valence-corrected chi connectivity index (χ2v) is 16.7. The van der Waals surface area contributed by atoms with E-state index in [2.05, 4.69) is 83.5 Å². The van der Waals surface area contributed by atoms with E-state index in [0.717, 1.165) is 16.7 Å². The molecular formula is C31H44N2O4Si. The summed E-state index contributed by atoms with van der Waals surface area (Å²) in [5.41, 5.74) is 5.50. The molecule has 0 bridgehead atoms. The van der Waals surface area contributed by atoms with Crippen LogP contribution in [0.1, 0.15) is 79.4 Å². The first kappa shape index (κ1) is 29.5. The van der Waals surface area contributed by atoms with Crippen molar-refractivity contribution in [2.24, 2.45) is 0 Å². The average Bonchev–Trinajstić information content (AvgIpc) is 3.26. The quantitative estimate of drug-likeness (QED) is 0.163. The van der Waals surface area contributed by atoms with Gasteiger partial charge in [0.25, 0.3) is 8.32 Å². The van der Waals surface area contributed by atoms with Crippen LogP contribution < -0.4 is 9.74 Å². The van der Waals surface area contributed by atoms with Crippen molar-refractivity contribution >= 4 is 36.8 Å². The molecule has 38 heavy (non-hydrogen) atoms. The molecule has 0 aliphatic heterocycles. The number of aromatic nitrogens is 1. The topological polar surface area (TPSA) is 69.6 Å². The predicted octanol–water partition coefficient (Wildman–Crippen LogP) is 7.87. The van der Waals surface area contributed by atoms with Gasteiger partial charge in [-0.3, -0.25) is 4.79 Å². The second kappa shape index (κ2) is 12.2. The van der Waals surface area contributed by atoms with Crippen molar-refractivity contribution in [1.82, 2.24) is 4.57 Å². The van der Waals surface area contributed by atoms with Crippen molar-refractivity contribution in [2.45, 2.75) is 91.4 Å². The van der Waals surface area contributed by atoms with Gasteiger partial charge in [0.05, 0.1) is 17.8 Å². The molecule has 0 unspecified atom stereocenters. The molecule has 6 nitrogen and oxygen atoms in total. The molecule has 1 N–H and O–H groups in total. The van der Waals surface area contributed by atoms with Crippen LogP contribution in [-0.2, 0) is 20.9 Å². The SMILES string of the molecule is CCOC(=O)C(=O)Nc1cccc2c1ccn2Cc1ccc(O[Si](C(C)C)(C(C)C)C(C)C)c(C(C)C)c1. The highest BCUT2D eigenvalue weighted by molar-refractivity contribution is 6.78. The van der Waals surface area contributed by atoms with E-state index in [9.17, 15) is 9.59 Å². The van der Waals surface area contributed by atoms with Gasteiger partial charge in [0.1, 0.15) is 5.75 Å². The second-order valence-electron chi connectivity index (χ2n) is 11.3. The van der Waals surface area contributed by atoms with E-state index >= 15 is 0 Å². The van der Waals surface area contributed by atoms with Crippen LogP contribution in [0.3, 0.4) is 0 Å². The molecule has 0 saturated heterocycles. The Bertz CT molecular complexity index is 1250. The van der Waals surface area contributed by atoms with Crippen molar-refractivity contribution in [3.63, 3.8) is 0 Å². The van der Waals surface area contributed by atoms with Crippen LogP contribution in [0, 0.1) is 0 Å². The van der Waals surface area contributed by atoms with Gasteiger partial charge in [-0.25, -0.2) is 4.79 Å². The summed E-state index contributed by atoms with van der Waals surface area (Å²) in [7, 11) is -2.07. The third kappa shape index (κ3) is 5.98. The normalized spacial score (nSPS) is 12.1. The van der Waals surface area contributed by atoms with Crippen molar-refractivity contribution < 1.29 is 18.8 Å². The minimum Gasteiger partial charge on any atom is -0.542 e. The number of anilines is 1. The summed E-state index contributed by atoms with van der Waals surface area (Å²) in [4.78, 5) is 24.0. The van der Waals surface area contributed by atoms with Crippen LogP contribution in [0.25, 0.3) is 10.9 Å². The zero-order valence-electron chi connectivity index (χ0n) is 24.4. The Balaban J connectivity index is 1.93. The fraction of sp³-hybridized carbons (Fsp3) is 0.484. The monoisotopic (exact) mass is 536 g/mol. The fourth-order valence-electron chi connectivity index (χ4n) is 5.82. The first-order valence-electron chi connectivity index (χ1n) is 13.8. The summed E-state index contributed by atoms with van der Waals surface area (Å²) in [5, 5.41) is 3.56. The maximum Gasteiger partial charge on any atom is 0.397 e. The number of hydrogen-bond donors (Lipinski definition) is 1. The standard InChI is InChI=1S/C31H44N2O4Si/c1-10-36-31(35)30(34)32-27-12-11-13-28-25(27)16-17-33(28)19-24-14-15-29(26(18-24)20(2)3)37-38(21(4)5,22(6)7)23(8)9/h11-18,20-23H,10,19H2,1-9H3,(H,32,34). The first-order valence-corrected chi connectivity index (χ1v) is 15.9. The number of nitrogens with one attached hydrogen (secondary N) is 1. The molecule has 1 aromatic heterocycles. The van der Waals surface area contributed by atoms with Crippen LogP contribution in [-0.4, -0.2) is 31.4 Å². The lowest BCUT2D eigenvalue weighted by Gasteiger charge is -2.43. The third-order valence-electron chi connectivity index (χ3n) is 7.57. The summed E-state index contributed by atoms with van der Waals surface area (Å²) in [6.07, 6.45) is 2.01. The Kier molecular flexibility index (Phi) is 9.47. The van der Waals surface area contributed by atoms with E-state index in [1.807, 2.05) is 24.4 Å². The molecule has 0 fully saturated rings. The molecule has 2 aromatic carbocycles. The fourth-order valence-corrected chi connectivity index (χ4v) is 11.1. The molecule has 3 rings (SSSR count). The average molecular weight is 537 g/mol. The number of hydrogen-bond acceptors (Lipinski definition) is 4. The molecule has 206 valence electrons. The molecule has 3 aromatic rings. The molecule has 0 radical (unpaired) electrons. The minimum atomic E-state index is -2.07. The lowest BCUT2D eigenvalue weighted by atomic mass is 9.99. The van der Waals surface area contributed by atoms with Gasteiger partial charge in [-0.15, -0.1) is 0 Å². The van der Waals surface area contributed by atoms with Crippen LogP contribution >= 0.6 is 0 Å². The van der Waals surface area contributed by atoms with E-state index in [1.165, 1.54) is 11.1 Å². The molecule has 0 aliphatic carbocycles. The Hall–Kier alpha value is -3.06. The van der Waals surface area contributed by atoms with Crippen molar-refractivity contribution in [3.8, 4) is 5.75 Å². The number of carbonyl (C=O) groups is 2. The van der Waals surface area contributed by atoms with Crippen LogP contribution in [0.4, 0.5) is 5.69 Å². The van der Waals surface area contributed by atoms with Crippen molar-refractivity contribution in [3.05, 3.63) is 59.8 Å². The Labute approximate surface area is 228 Å². The lowest BCUT2D eigenvalue weighted by molar-refractivity contribution is -0.152. The summed E-state index contributed by atoms with van der Waals surface area (Å²) in [6.45, 7) is 20.8. The smallest absolute Gasteiger partial charge is 0.397 e. The van der Waals surface area contributed by atoms with E-state index in [4.69, 9.17) is 9.16 Å². The Morgan fingerprint density at radius 1 is 0.921 bits per heavy atom. The molecule has 0 atom stereocenters. The number of carbonyl (C=O) groups excluding carboxylic acids is 2. The van der Waals surface area contributed by atoms with Crippen LogP contribution in [0.2, 0.25) is 16.6 Å². The third-order valence-corrected chi connectivity index (χ3v) is 13.6. The number of benzene rings is 2. The number of esters is 1. The molecule has 0 saturated carbocycles. The molecule has 1 heterocycles. The minimum absolute atomic E-state index is 0.157. The van der Waals surface area contributed by atoms with Gasteiger partial charge in [-0.05, 0) is 64.9 Å². The number of rotatable bonds is 10. The maximum atomic E-state index is 12.2. The van der Waals surface area contributed by atoms with Crippen LogP contribution in [0.15, 0.2) is 48.7 Å². The first-order chi connectivity index (χ1) is 17.9. The Morgan fingerprint density at radius 3 is 2.16 bits per heavy atom. The molecule has 1 amide bonds. The largest absolute Gasteiger partial charge is 0.542 e. The highest BCUT2D eigenvalue weighted by Gasteiger charge is 2.47. The summed E-state index contributed by atoms with van der Waals surface area (Å²) in [6, 6.07) is 14.3. The predicted molar refractivity (Wildman–Crippen MR) is 159 cm³/mol. The maximum absolute atomic E-state index is 12.2. The highest BCUT2D eigenvalue weighted by Crippen LogP contribution is 2.44. The van der Waals surface area contributed by atoms with E-state index < -0.39 is 20.2 Å². The van der Waals surface area contributed by atoms with Gasteiger partial charge in [-0.1, -0.05) is 73.6 Å². The van der Waals surface area contributed by atoms with Gasteiger partial charge in [0, 0.05) is 18.1 Å². The van der Waals surface area contributed by atoms with Gasteiger partial charge in [0.2, 0.25) is 0 Å². The molecule has 0 aliphatic rings. The highest BCUT2D eigenvalue weighted by atomic mass is 28.4. The van der Waals surface area contributed by atoms with Gasteiger partial charge in [0.15, 0.2) is 0 Å². The molecule has 7 heteroatoms. The van der Waals surface area contributed by atoms with Crippen LogP contribution in [0.5, 0.6) is 5.75 Å².